The highest BCUT2D eigenvalue weighted by Gasteiger charge is 2.21. The third-order valence-electron chi connectivity index (χ3n) is 5.33. The first-order chi connectivity index (χ1) is 14.6. The van der Waals surface area contributed by atoms with Gasteiger partial charge in [-0.3, -0.25) is 4.79 Å². The first-order valence-corrected chi connectivity index (χ1v) is 10.5. The van der Waals surface area contributed by atoms with Gasteiger partial charge in [0.15, 0.2) is 0 Å². The maximum Gasteiger partial charge on any atom is 0.247 e. The number of anilines is 1. The zero-order chi connectivity index (χ0) is 20.9. The largest absolute Gasteiger partial charge is 0.318 e. The van der Waals surface area contributed by atoms with Gasteiger partial charge >= 0.3 is 0 Å². The molecule has 0 atom stereocenters. The molecule has 4 nitrogen and oxygen atoms in total. The number of benzene rings is 3. The summed E-state index contributed by atoms with van der Waals surface area (Å²) in [4.78, 5) is 20.1. The number of imidazole rings is 1. The van der Waals surface area contributed by atoms with Crippen molar-refractivity contribution in [3.05, 3.63) is 96.3 Å². The second-order valence-electron chi connectivity index (χ2n) is 7.78. The molecule has 1 amide bonds. The van der Waals surface area contributed by atoms with Crippen molar-refractivity contribution in [2.24, 2.45) is 0 Å². The number of aromatic nitrogens is 2. The predicted molar refractivity (Wildman–Crippen MR) is 123 cm³/mol. The van der Waals surface area contributed by atoms with Crippen LogP contribution in [-0.2, 0) is 24.2 Å². The van der Waals surface area contributed by atoms with E-state index in [2.05, 4.69) is 28.8 Å². The summed E-state index contributed by atoms with van der Waals surface area (Å²) in [5.41, 5.74) is 4.14. The Morgan fingerprint density at radius 2 is 1.50 bits per heavy atom. The predicted octanol–water partition coefficient (Wildman–Crippen LogP) is 5.26. The molecular weight excluding hydrogens is 370 g/mol. The monoisotopic (exact) mass is 397 g/mol. The van der Waals surface area contributed by atoms with Gasteiger partial charge in [-0.25, -0.2) is 4.98 Å². The Morgan fingerprint density at radius 3 is 2.20 bits per heavy atom. The summed E-state index contributed by atoms with van der Waals surface area (Å²) < 4.78 is 2.08. The summed E-state index contributed by atoms with van der Waals surface area (Å²) in [6, 6.07) is 28.4. The van der Waals surface area contributed by atoms with E-state index in [4.69, 9.17) is 4.98 Å². The van der Waals surface area contributed by atoms with Crippen LogP contribution in [0.1, 0.15) is 25.2 Å². The minimum Gasteiger partial charge on any atom is -0.318 e. The van der Waals surface area contributed by atoms with Crippen LogP contribution in [0.25, 0.3) is 11.0 Å². The van der Waals surface area contributed by atoms with Crippen LogP contribution in [-0.4, -0.2) is 21.5 Å². The molecule has 0 bridgehead atoms. The number of hydrogen-bond donors (Lipinski definition) is 0. The van der Waals surface area contributed by atoms with E-state index < -0.39 is 0 Å². The second-order valence-corrected chi connectivity index (χ2v) is 7.78. The smallest absolute Gasteiger partial charge is 0.247 e. The molecule has 1 aromatic heterocycles. The van der Waals surface area contributed by atoms with Gasteiger partial charge in [0, 0.05) is 18.2 Å². The molecule has 0 aliphatic rings. The summed E-state index contributed by atoms with van der Waals surface area (Å²) in [6.45, 7) is 4.37. The van der Waals surface area contributed by atoms with Crippen LogP contribution in [0.15, 0.2) is 84.9 Å². The second kappa shape index (κ2) is 8.95. The van der Waals surface area contributed by atoms with Crippen molar-refractivity contribution in [1.82, 2.24) is 9.55 Å². The average molecular weight is 398 g/mol. The van der Waals surface area contributed by atoms with Gasteiger partial charge in [-0.2, -0.15) is 0 Å². The number of carbonyl (C=O) groups excluding carboxylic acids is 1. The van der Waals surface area contributed by atoms with Crippen molar-refractivity contribution in [3.8, 4) is 0 Å². The van der Waals surface area contributed by atoms with Crippen LogP contribution in [0, 0.1) is 0 Å². The number of amides is 1. The first-order valence-electron chi connectivity index (χ1n) is 10.5. The fraction of sp³-hybridized carbons (Fsp3) is 0.231. The standard InChI is InChI=1S/C26H27N3O/c1-20(2)29(22-13-7-4-8-14-22)26(30)19-28-24-16-10-9-15-23(24)27-25(28)18-17-21-11-5-3-6-12-21/h3-16,20H,17-19H2,1-2H3. The van der Waals surface area contributed by atoms with Crippen molar-refractivity contribution in [3.63, 3.8) is 0 Å². The SMILES string of the molecule is CC(C)N(C(=O)Cn1c(CCc2ccccc2)nc2ccccc21)c1ccccc1. The Labute approximate surface area is 177 Å². The number of fused-ring (bicyclic) bond motifs is 1. The fourth-order valence-electron chi connectivity index (χ4n) is 3.92. The number of nitrogens with zero attached hydrogens (tertiary/aromatic N) is 3. The maximum atomic E-state index is 13.4. The highest BCUT2D eigenvalue weighted by molar-refractivity contribution is 5.94. The van der Waals surface area contributed by atoms with Gasteiger partial charge in [0.1, 0.15) is 12.4 Å². The normalized spacial score (nSPS) is 11.2. The lowest BCUT2D eigenvalue weighted by molar-refractivity contribution is -0.119. The molecular formula is C26H27N3O. The average Bonchev–Trinajstić information content (AvgIpc) is 3.11. The lowest BCUT2D eigenvalue weighted by atomic mass is 10.1. The molecule has 3 aromatic carbocycles. The molecule has 4 rings (SSSR count). The van der Waals surface area contributed by atoms with E-state index in [0.29, 0.717) is 0 Å². The first kappa shape index (κ1) is 19.9. The number of hydrogen-bond acceptors (Lipinski definition) is 2. The van der Waals surface area contributed by atoms with E-state index in [1.807, 2.05) is 79.4 Å². The molecule has 0 unspecified atom stereocenters. The third kappa shape index (κ3) is 4.28. The number of aryl methyl sites for hydroxylation is 2. The van der Waals surface area contributed by atoms with Crippen LogP contribution in [0.4, 0.5) is 5.69 Å². The van der Waals surface area contributed by atoms with Crippen LogP contribution in [0.2, 0.25) is 0 Å². The lowest BCUT2D eigenvalue weighted by Gasteiger charge is -2.27. The quantitative estimate of drug-likeness (QED) is 0.426. The van der Waals surface area contributed by atoms with E-state index in [1.54, 1.807) is 0 Å². The van der Waals surface area contributed by atoms with Gasteiger partial charge in [0.25, 0.3) is 0 Å². The topological polar surface area (TPSA) is 38.1 Å². The van der Waals surface area contributed by atoms with E-state index in [0.717, 1.165) is 35.4 Å². The fourth-order valence-corrected chi connectivity index (χ4v) is 3.92. The zero-order valence-electron chi connectivity index (χ0n) is 17.5. The Hall–Kier alpha value is -3.40. The van der Waals surface area contributed by atoms with Gasteiger partial charge in [0.2, 0.25) is 5.91 Å². The summed E-state index contributed by atoms with van der Waals surface area (Å²) in [5, 5.41) is 0. The van der Waals surface area contributed by atoms with Crippen LogP contribution >= 0.6 is 0 Å². The highest BCUT2D eigenvalue weighted by atomic mass is 16.2. The molecule has 152 valence electrons. The van der Waals surface area contributed by atoms with Gasteiger partial charge in [0.05, 0.1) is 11.0 Å². The molecule has 0 N–H and O–H groups in total. The molecule has 0 fully saturated rings. The van der Waals surface area contributed by atoms with E-state index in [9.17, 15) is 4.79 Å². The molecule has 0 saturated heterocycles. The molecule has 0 spiro atoms. The highest BCUT2D eigenvalue weighted by Crippen LogP contribution is 2.21. The minimum atomic E-state index is 0.0697. The van der Waals surface area contributed by atoms with Gasteiger partial charge in [-0.15, -0.1) is 0 Å². The molecule has 0 aliphatic heterocycles. The maximum absolute atomic E-state index is 13.4. The van der Waals surface area contributed by atoms with Gasteiger partial charge in [-0.1, -0.05) is 60.7 Å². The van der Waals surface area contributed by atoms with Crippen molar-refractivity contribution >= 4 is 22.6 Å². The van der Waals surface area contributed by atoms with Gasteiger partial charge < -0.3 is 9.47 Å². The van der Waals surface area contributed by atoms with Crippen molar-refractivity contribution in [1.29, 1.82) is 0 Å². The Balaban J connectivity index is 1.64. The van der Waals surface area contributed by atoms with Crippen molar-refractivity contribution in [2.75, 3.05) is 4.90 Å². The molecule has 0 saturated carbocycles. The van der Waals surface area contributed by atoms with Crippen LogP contribution in [0.3, 0.4) is 0 Å². The molecule has 4 heteroatoms. The van der Waals surface area contributed by atoms with Crippen molar-refractivity contribution in [2.45, 2.75) is 39.3 Å². The van der Waals surface area contributed by atoms with Crippen molar-refractivity contribution < 1.29 is 4.79 Å². The summed E-state index contributed by atoms with van der Waals surface area (Å²) >= 11 is 0. The lowest BCUT2D eigenvalue weighted by Crippen LogP contribution is -2.39. The Bertz CT molecular complexity index is 1120. The summed E-state index contributed by atoms with van der Waals surface area (Å²) in [5.74, 6) is 1.02. The van der Waals surface area contributed by atoms with Crippen LogP contribution in [0.5, 0.6) is 0 Å². The molecule has 0 aliphatic carbocycles. The van der Waals surface area contributed by atoms with Crippen LogP contribution < -0.4 is 4.90 Å². The number of rotatable bonds is 7. The van der Waals surface area contributed by atoms with E-state index >= 15 is 0 Å². The molecule has 4 aromatic rings. The summed E-state index contributed by atoms with van der Waals surface area (Å²) in [7, 11) is 0. The third-order valence-corrected chi connectivity index (χ3v) is 5.33. The minimum absolute atomic E-state index is 0.0697. The van der Waals surface area contributed by atoms with Gasteiger partial charge in [-0.05, 0) is 50.1 Å². The molecule has 0 radical (unpaired) electrons. The Kier molecular flexibility index (Phi) is 5.94. The van der Waals surface area contributed by atoms with E-state index in [-0.39, 0.29) is 18.5 Å². The number of para-hydroxylation sites is 3. The summed E-state index contributed by atoms with van der Waals surface area (Å²) in [6.07, 6.45) is 1.68. The van der Waals surface area contributed by atoms with E-state index in [1.165, 1.54) is 5.56 Å². The Morgan fingerprint density at radius 1 is 0.867 bits per heavy atom. The zero-order valence-corrected chi connectivity index (χ0v) is 17.5. The molecule has 1 heterocycles. The number of carbonyl (C=O) groups is 1. The molecule has 30 heavy (non-hydrogen) atoms.